The number of amides is 1. The standard InChI is InChI=1S/C16H21BrN2O3/c1-11-4-3-5-18(10-11)16(20)13-8-14-12(9-15(17)22-14)19(13)6-7-21-2/h8-9,11H,3-7,10H2,1-2H3. The van der Waals surface area contributed by atoms with Gasteiger partial charge in [-0.3, -0.25) is 4.79 Å². The third kappa shape index (κ3) is 2.94. The molecule has 1 amide bonds. The van der Waals surface area contributed by atoms with Gasteiger partial charge in [-0.05, 0) is 34.7 Å². The van der Waals surface area contributed by atoms with Crippen molar-refractivity contribution in [2.75, 3.05) is 26.8 Å². The number of fused-ring (bicyclic) bond motifs is 1. The first-order chi connectivity index (χ1) is 10.6. The van der Waals surface area contributed by atoms with Gasteiger partial charge < -0.3 is 18.6 Å². The summed E-state index contributed by atoms with van der Waals surface area (Å²) < 4.78 is 13.5. The van der Waals surface area contributed by atoms with Crippen molar-refractivity contribution in [3.63, 3.8) is 0 Å². The van der Waals surface area contributed by atoms with Crippen molar-refractivity contribution >= 4 is 32.9 Å². The molecule has 0 spiro atoms. The second-order valence-corrected chi connectivity index (χ2v) is 6.75. The van der Waals surface area contributed by atoms with Crippen LogP contribution in [0.4, 0.5) is 0 Å². The molecule has 0 saturated carbocycles. The number of likely N-dealkylation sites (tertiary alicyclic amines) is 1. The molecule has 1 fully saturated rings. The number of halogens is 1. The molecule has 5 nitrogen and oxygen atoms in total. The first-order valence-corrected chi connectivity index (χ1v) is 8.46. The summed E-state index contributed by atoms with van der Waals surface area (Å²) in [5.41, 5.74) is 2.35. The average Bonchev–Trinajstić information content (AvgIpc) is 3.00. The monoisotopic (exact) mass is 368 g/mol. The molecule has 1 atom stereocenters. The summed E-state index contributed by atoms with van der Waals surface area (Å²) in [5.74, 6) is 0.655. The van der Waals surface area contributed by atoms with E-state index in [4.69, 9.17) is 9.15 Å². The summed E-state index contributed by atoms with van der Waals surface area (Å²) in [6.07, 6.45) is 2.27. The maximum atomic E-state index is 12.9. The van der Waals surface area contributed by atoms with Crippen molar-refractivity contribution in [2.45, 2.75) is 26.3 Å². The fraction of sp³-hybridized carbons (Fsp3) is 0.562. The predicted octanol–water partition coefficient (Wildman–Crippen LogP) is 3.52. The van der Waals surface area contributed by atoms with Gasteiger partial charge in [-0.25, -0.2) is 0 Å². The quantitative estimate of drug-likeness (QED) is 0.829. The Morgan fingerprint density at radius 2 is 2.32 bits per heavy atom. The Hall–Kier alpha value is -1.27. The molecule has 1 saturated heterocycles. The molecule has 2 aromatic heterocycles. The molecule has 1 aliphatic rings. The number of methoxy groups -OCH3 is 1. The molecular weight excluding hydrogens is 348 g/mol. The van der Waals surface area contributed by atoms with E-state index in [1.807, 2.05) is 21.6 Å². The van der Waals surface area contributed by atoms with E-state index in [0.717, 1.165) is 30.6 Å². The smallest absolute Gasteiger partial charge is 0.270 e. The normalized spacial score (nSPS) is 19.0. The zero-order chi connectivity index (χ0) is 15.7. The minimum absolute atomic E-state index is 0.0881. The van der Waals surface area contributed by atoms with E-state index in [0.29, 0.717) is 29.4 Å². The van der Waals surface area contributed by atoms with E-state index in [9.17, 15) is 4.79 Å². The molecule has 3 heterocycles. The van der Waals surface area contributed by atoms with E-state index in [2.05, 4.69) is 22.9 Å². The number of aromatic nitrogens is 1. The minimum atomic E-state index is 0.0881. The van der Waals surface area contributed by atoms with Gasteiger partial charge in [0.2, 0.25) is 0 Å². The number of carbonyl (C=O) groups excluding carboxylic acids is 1. The van der Waals surface area contributed by atoms with E-state index in [-0.39, 0.29) is 5.91 Å². The number of hydrogen-bond acceptors (Lipinski definition) is 3. The minimum Gasteiger partial charge on any atom is -0.448 e. The predicted molar refractivity (Wildman–Crippen MR) is 88.1 cm³/mol. The van der Waals surface area contributed by atoms with Gasteiger partial charge in [-0.1, -0.05) is 6.92 Å². The van der Waals surface area contributed by atoms with Crippen molar-refractivity contribution < 1.29 is 13.9 Å². The average molecular weight is 369 g/mol. The Kier molecular flexibility index (Phi) is 4.59. The molecule has 3 rings (SSSR count). The van der Waals surface area contributed by atoms with E-state index in [1.54, 1.807) is 7.11 Å². The van der Waals surface area contributed by atoms with Crippen LogP contribution in [0.15, 0.2) is 21.2 Å². The van der Waals surface area contributed by atoms with Gasteiger partial charge >= 0.3 is 0 Å². The summed E-state index contributed by atoms with van der Waals surface area (Å²) in [4.78, 5) is 14.9. The van der Waals surface area contributed by atoms with Crippen molar-refractivity contribution in [2.24, 2.45) is 5.92 Å². The number of hydrogen-bond donors (Lipinski definition) is 0. The third-order valence-corrected chi connectivity index (χ3v) is 4.63. The van der Waals surface area contributed by atoms with Crippen LogP contribution in [-0.2, 0) is 11.3 Å². The van der Waals surface area contributed by atoms with Crippen LogP contribution in [-0.4, -0.2) is 42.2 Å². The summed E-state index contributed by atoms with van der Waals surface area (Å²) in [6.45, 7) is 5.06. The highest BCUT2D eigenvalue weighted by Gasteiger charge is 2.26. The topological polar surface area (TPSA) is 47.6 Å². The van der Waals surface area contributed by atoms with Crippen LogP contribution in [0.3, 0.4) is 0 Å². The lowest BCUT2D eigenvalue weighted by atomic mass is 10.00. The van der Waals surface area contributed by atoms with Gasteiger partial charge in [0.05, 0.1) is 12.1 Å². The van der Waals surface area contributed by atoms with Gasteiger partial charge in [0.15, 0.2) is 10.3 Å². The molecule has 0 aliphatic carbocycles. The molecule has 0 bridgehead atoms. The van der Waals surface area contributed by atoms with E-state index < -0.39 is 0 Å². The SMILES string of the molecule is COCCn1c(C(=O)N2CCCC(C)C2)cc2oc(Br)cc21. The number of nitrogens with zero attached hydrogens (tertiary/aromatic N) is 2. The maximum Gasteiger partial charge on any atom is 0.270 e. The summed E-state index contributed by atoms with van der Waals surface area (Å²) in [6, 6.07) is 3.75. The zero-order valence-electron chi connectivity index (χ0n) is 13.0. The summed E-state index contributed by atoms with van der Waals surface area (Å²) >= 11 is 3.35. The van der Waals surface area contributed by atoms with Crippen LogP contribution in [0, 0.1) is 5.92 Å². The highest BCUT2D eigenvalue weighted by Crippen LogP contribution is 2.28. The molecule has 0 radical (unpaired) electrons. The molecule has 2 aromatic rings. The largest absolute Gasteiger partial charge is 0.448 e. The molecule has 1 aliphatic heterocycles. The molecule has 0 N–H and O–H groups in total. The lowest BCUT2D eigenvalue weighted by Gasteiger charge is -2.31. The van der Waals surface area contributed by atoms with E-state index >= 15 is 0 Å². The maximum absolute atomic E-state index is 12.9. The second-order valence-electron chi connectivity index (χ2n) is 5.97. The fourth-order valence-corrected chi connectivity index (χ4v) is 3.54. The number of rotatable bonds is 4. The first kappa shape index (κ1) is 15.6. The van der Waals surface area contributed by atoms with Crippen LogP contribution in [0.25, 0.3) is 11.1 Å². The Morgan fingerprint density at radius 3 is 3.05 bits per heavy atom. The van der Waals surface area contributed by atoms with Crippen LogP contribution < -0.4 is 0 Å². The molecule has 22 heavy (non-hydrogen) atoms. The van der Waals surface area contributed by atoms with Crippen LogP contribution >= 0.6 is 15.9 Å². The zero-order valence-corrected chi connectivity index (χ0v) is 14.6. The molecule has 0 aromatic carbocycles. The Morgan fingerprint density at radius 1 is 1.50 bits per heavy atom. The molecule has 1 unspecified atom stereocenters. The summed E-state index contributed by atoms with van der Waals surface area (Å²) in [7, 11) is 1.67. The van der Waals surface area contributed by atoms with Crippen molar-refractivity contribution in [1.29, 1.82) is 0 Å². The molecule has 6 heteroatoms. The van der Waals surface area contributed by atoms with Crippen molar-refractivity contribution in [1.82, 2.24) is 9.47 Å². The van der Waals surface area contributed by atoms with Crippen LogP contribution in [0.2, 0.25) is 0 Å². The Bertz CT molecular complexity index is 676. The number of piperidine rings is 1. The lowest BCUT2D eigenvalue weighted by Crippen LogP contribution is -2.40. The summed E-state index contributed by atoms with van der Waals surface area (Å²) in [5, 5.41) is 0. The van der Waals surface area contributed by atoms with Gasteiger partial charge in [0.1, 0.15) is 5.69 Å². The Balaban J connectivity index is 1.94. The Labute approximate surface area is 138 Å². The molecular formula is C16H21BrN2O3. The van der Waals surface area contributed by atoms with Crippen LogP contribution in [0.5, 0.6) is 0 Å². The lowest BCUT2D eigenvalue weighted by molar-refractivity contribution is 0.0670. The van der Waals surface area contributed by atoms with Gasteiger partial charge in [-0.15, -0.1) is 0 Å². The van der Waals surface area contributed by atoms with E-state index in [1.165, 1.54) is 6.42 Å². The van der Waals surface area contributed by atoms with Gasteiger partial charge in [-0.2, -0.15) is 0 Å². The number of ether oxygens (including phenoxy) is 1. The van der Waals surface area contributed by atoms with Gasteiger partial charge in [0, 0.05) is 38.9 Å². The van der Waals surface area contributed by atoms with Crippen LogP contribution in [0.1, 0.15) is 30.3 Å². The number of carbonyl (C=O) groups is 1. The third-order valence-electron chi connectivity index (χ3n) is 4.24. The van der Waals surface area contributed by atoms with Gasteiger partial charge in [0.25, 0.3) is 5.91 Å². The molecule has 120 valence electrons. The number of furan rings is 1. The highest BCUT2D eigenvalue weighted by atomic mass is 79.9. The van der Waals surface area contributed by atoms with Crippen molar-refractivity contribution in [3.8, 4) is 0 Å². The van der Waals surface area contributed by atoms with Crippen molar-refractivity contribution in [3.05, 3.63) is 22.5 Å². The highest BCUT2D eigenvalue weighted by molar-refractivity contribution is 9.10. The fourth-order valence-electron chi connectivity index (χ4n) is 3.15. The first-order valence-electron chi connectivity index (χ1n) is 7.67. The second kappa shape index (κ2) is 6.46.